The first-order chi connectivity index (χ1) is 14.0. The molecule has 0 aromatic carbocycles. The number of rotatable bonds is 4. The van der Waals surface area contributed by atoms with Crippen LogP contribution in [-0.2, 0) is 5.41 Å². The third-order valence-corrected chi connectivity index (χ3v) is 4.69. The molecule has 0 aliphatic carbocycles. The number of aromatic nitrogens is 4. The van der Waals surface area contributed by atoms with E-state index >= 15 is 0 Å². The molecule has 0 atom stereocenters. The van der Waals surface area contributed by atoms with Gasteiger partial charge in [-0.05, 0) is 24.3 Å². The van der Waals surface area contributed by atoms with Crippen molar-refractivity contribution in [1.29, 1.82) is 0 Å². The summed E-state index contributed by atoms with van der Waals surface area (Å²) in [6, 6.07) is 18.3. The molecule has 144 valence electrons. The topological polar surface area (TPSA) is 131 Å². The van der Waals surface area contributed by atoms with Gasteiger partial charge in [0, 0.05) is 47.0 Å². The second kappa shape index (κ2) is 7.08. The second-order valence-electron chi connectivity index (χ2n) is 6.46. The van der Waals surface area contributed by atoms with Crippen molar-refractivity contribution in [2.75, 3.05) is 0 Å². The lowest BCUT2D eigenvalue weighted by molar-refractivity contribution is 0.632. The van der Waals surface area contributed by atoms with Crippen molar-refractivity contribution in [3.05, 3.63) is 137 Å². The van der Waals surface area contributed by atoms with Crippen molar-refractivity contribution in [2.24, 2.45) is 0 Å². The molecule has 29 heavy (non-hydrogen) atoms. The van der Waals surface area contributed by atoms with Crippen molar-refractivity contribution in [2.45, 2.75) is 5.41 Å². The SMILES string of the molecule is O=c1cccc(C(c2cccc(=O)[nH]2)(c2cccc(=O)[nH]2)c2cccc(=O)[nH]2)[nH]1. The van der Waals surface area contributed by atoms with Crippen LogP contribution in [0.4, 0.5) is 0 Å². The first-order valence-corrected chi connectivity index (χ1v) is 8.79. The summed E-state index contributed by atoms with van der Waals surface area (Å²) in [7, 11) is 0. The highest BCUT2D eigenvalue weighted by molar-refractivity contribution is 5.51. The number of nitrogens with one attached hydrogen (secondary N) is 4. The zero-order chi connectivity index (χ0) is 20.4. The number of aromatic amines is 4. The Labute approximate surface area is 162 Å². The molecular formula is C21H16N4O4. The first-order valence-electron chi connectivity index (χ1n) is 8.79. The van der Waals surface area contributed by atoms with Crippen LogP contribution >= 0.6 is 0 Å². The summed E-state index contributed by atoms with van der Waals surface area (Å²) in [4.78, 5) is 59.8. The molecule has 0 bridgehead atoms. The molecule has 0 amide bonds. The van der Waals surface area contributed by atoms with Crippen LogP contribution < -0.4 is 22.2 Å². The fourth-order valence-corrected chi connectivity index (χ4v) is 3.54. The smallest absolute Gasteiger partial charge is 0.248 e. The number of H-pyrrole nitrogens is 4. The molecular weight excluding hydrogens is 372 g/mol. The van der Waals surface area contributed by atoms with Gasteiger partial charge in [-0.3, -0.25) is 19.2 Å². The maximum atomic E-state index is 12.2. The predicted octanol–water partition coefficient (Wildman–Crippen LogP) is 0.822. The van der Waals surface area contributed by atoms with Gasteiger partial charge in [0.1, 0.15) is 5.41 Å². The molecule has 4 aromatic rings. The van der Waals surface area contributed by atoms with Crippen LogP contribution in [0.15, 0.2) is 92.0 Å². The second-order valence-corrected chi connectivity index (χ2v) is 6.46. The molecule has 0 radical (unpaired) electrons. The molecule has 0 saturated heterocycles. The molecule has 0 fully saturated rings. The first kappa shape index (κ1) is 18.2. The van der Waals surface area contributed by atoms with Crippen molar-refractivity contribution >= 4 is 0 Å². The Kier molecular flexibility index (Phi) is 4.44. The fourth-order valence-electron chi connectivity index (χ4n) is 3.54. The lowest BCUT2D eigenvalue weighted by atomic mass is 9.73. The Morgan fingerprint density at radius 3 is 0.862 bits per heavy atom. The maximum Gasteiger partial charge on any atom is 0.248 e. The van der Waals surface area contributed by atoms with E-state index in [0.717, 1.165) is 0 Å². The highest BCUT2D eigenvalue weighted by Crippen LogP contribution is 2.40. The van der Waals surface area contributed by atoms with Gasteiger partial charge >= 0.3 is 0 Å². The standard InChI is InChI=1S/C21H16N4O4/c26-17-9-1-5-13(22-17)21(14-6-2-10-18(27)23-14,15-7-3-11-19(28)24-15)16-8-4-12-20(29)25-16/h1-12H,(H,22,26)(H,23,27)(H,24,28)(H,25,29). The third kappa shape index (κ3) is 3.16. The van der Waals surface area contributed by atoms with Crippen molar-refractivity contribution < 1.29 is 0 Å². The van der Waals surface area contributed by atoms with Crippen LogP contribution in [0, 0.1) is 0 Å². The van der Waals surface area contributed by atoms with Gasteiger partial charge in [0.2, 0.25) is 22.2 Å². The summed E-state index contributed by atoms with van der Waals surface area (Å²) >= 11 is 0. The third-order valence-electron chi connectivity index (χ3n) is 4.69. The normalized spacial score (nSPS) is 11.3. The van der Waals surface area contributed by atoms with E-state index in [2.05, 4.69) is 19.9 Å². The minimum absolute atomic E-state index is 0.357. The summed E-state index contributed by atoms with van der Waals surface area (Å²) in [5.41, 5.74) is -1.45. The van der Waals surface area contributed by atoms with Crippen molar-refractivity contribution in [3.8, 4) is 0 Å². The highest BCUT2D eigenvalue weighted by Gasteiger charge is 2.42. The lowest BCUT2D eigenvalue weighted by Crippen LogP contribution is -2.39. The van der Waals surface area contributed by atoms with E-state index in [4.69, 9.17) is 0 Å². The van der Waals surface area contributed by atoms with Gasteiger partial charge < -0.3 is 19.9 Å². The molecule has 4 heterocycles. The van der Waals surface area contributed by atoms with E-state index in [1.807, 2.05) is 0 Å². The van der Waals surface area contributed by atoms with Gasteiger partial charge in [-0.25, -0.2) is 0 Å². The van der Waals surface area contributed by atoms with Crippen LogP contribution in [0.25, 0.3) is 0 Å². The Bertz CT molecular complexity index is 1190. The van der Waals surface area contributed by atoms with Gasteiger partial charge in [-0.15, -0.1) is 0 Å². The molecule has 4 N–H and O–H groups in total. The van der Waals surface area contributed by atoms with E-state index in [9.17, 15) is 19.2 Å². The Morgan fingerprint density at radius 1 is 0.414 bits per heavy atom. The van der Waals surface area contributed by atoms with Gasteiger partial charge in [0.25, 0.3) is 0 Å². The number of hydrogen-bond acceptors (Lipinski definition) is 4. The Hall–Kier alpha value is -4.20. The zero-order valence-electron chi connectivity index (χ0n) is 15.1. The predicted molar refractivity (Wildman–Crippen MR) is 107 cm³/mol. The van der Waals surface area contributed by atoms with Crippen molar-refractivity contribution in [3.63, 3.8) is 0 Å². The van der Waals surface area contributed by atoms with Crippen molar-refractivity contribution in [1.82, 2.24) is 19.9 Å². The fraction of sp³-hybridized carbons (Fsp3) is 0.0476. The number of hydrogen-bond donors (Lipinski definition) is 4. The average Bonchev–Trinajstić information content (AvgIpc) is 2.69. The van der Waals surface area contributed by atoms with Gasteiger partial charge in [-0.1, -0.05) is 24.3 Å². The molecule has 0 aliphatic rings. The summed E-state index contributed by atoms with van der Waals surface area (Å²) in [5, 5.41) is 0. The minimum Gasteiger partial charge on any atom is -0.324 e. The van der Waals surface area contributed by atoms with Gasteiger partial charge in [0.05, 0.1) is 0 Å². The van der Waals surface area contributed by atoms with Crippen LogP contribution in [-0.4, -0.2) is 19.9 Å². The van der Waals surface area contributed by atoms with E-state index < -0.39 is 5.41 Å². The summed E-state index contributed by atoms with van der Waals surface area (Å²) in [6.07, 6.45) is 0. The molecule has 0 spiro atoms. The molecule has 0 saturated carbocycles. The van der Waals surface area contributed by atoms with Crippen LogP contribution in [0.1, 0.15) is 22.8 Å². The molecule has 4 rings (SSSR count). The number of pyridine rings is 4. The Balaban J connectivity index is 2.25. The molecule has 0 aliphatic heterocycles. The summed E-state index contributed by atoms with van der Waals surface area (Å²) in [5.74, 6) is 0. The molecule has 0 unspecified atom stereocenters. The largest absolute Gasteiger partial charge is 0.324 e. The average molecular weight is 388 g/mol. The van der Waals surface area contributed by atoms with E-state index in [0.29, 0.717) is 22.8 Å². The van der Waals surface area contributed by atoms with Crippen LogP contribution in [0.5, 0.6) is 0 Å². The Morgan fingerprint density at radius 2 is 0.655 bits per heavy atom. The molecule has 8 nitrogen and oxygen atoms in total. The van der Waals surface area contributed by atoms with Gasteiger partial charge in [0.15, 0.2) is 0 Å². The quantitative estimate of drug-likeness (QED) is 0.412. The summed E-state index contributed by atoms with van der Waals surface area (Å²) in [6.45, 7) is 0. The van der Waals surface area contributed by atoms with Crippen LogP contribution in [0.3, 0.4) is 0 Å². The van der Waals surface area contributed by atoms with Crippen LogP contribution in [0.2, 0.25) is 0 Å². The summed E-state index contributed by atoms with van der Waals surface area (Å²) < 4.78 is 0. The molecule has 4 aromatic heterocycles. The van der Waals surface area contributed by atoms with E-state index in [1.165, 1.54) is 24.3 Å². The lowest BCUT2D eigenvalue weighted by Gasteiger charge is -2.34. The van der Waals surface area contributed by atoms with E-state index in [-0.39, 0.29) is 22.2 Å². The zero-order valence-corrected chi connectivity index (χ0v) is 15.1. The van der Waals surface area contributed by atoms with Gasteiger partial charge in [-0.2, -0.15) is 0 Å². The molecule has 8 heteroatoms. The van der Waals surface area contributed by atoms with E-state index in [1.54, 1.807) is 48.5 Å². The minimum atomic E-state index is -1.39. The maximum absolute atomic E-state index is 12.2. The monoisotopic (exact) mass is 388 g/mol. The highest BCUT2D eigenvalue weighted by atomic mass is 16.1.